The van der Waals surface area contributed by atoms with Crippen molar-refractivity contribution >= 4 is 92.5 Å². The van der Waals surface area contributed by atoms with Gasteiger partial charge in [0.1, 0.15) is 0 Å². The topological polar surface area (TPSA) is 35.1 Å². The molecule has 56 heavy (non-hydrogen) atoms. The molecular weight excluding hydrogens is 681 g/mol. The quantitative estimate of drug-likeness (QED) is 0.183. The summed E-state index contributed by atoms with van der Waals surface area (Å²) in [6, 6.07) is 65.7. The van der Waals surface area contributed by atoms with E-state index in [0.29, 0.717) is 0 Å². The third-order valence-electron chi connectivity index (χ3n) is 12.0. The summed E-state index contributed by atoms with van der Waals surface area (Å²) in [5.74, 6) is 0. The molecule has 0 radical (unpaired) electrons. The summed E-state index contributed by atoms with van der Waals surface area (Å²) in [6.07, 6.45) is 0. The van der Waals surface area contributed by atoms with E-state index >= 15 is 0 Å². The van der Waals surface area contributed by atoms with Crippen molar-refractivity contribution in [2.24, 2.45) is 0 Å². The van der Waals surface area contributed by atoms with Gasteiger partial charge >= 0.3 is 0 Å². The van der Waals surface area contributed by atoms with Crippen LogP contribution in [0.2, 0.25) is 0 Å². The van der Waals surface area contributed by atoms with Crippen LogP contribution in [0.4, 0.5) is 0 Å². The zero-order valence-corrected chi connectivity index (χ0v) is 30.1. The van der Waals surface area contributed by atoms with Gasteiger partial charge < -0.3 is 8.97 Å². The molecule has 258 valence electrons. The lowest BCUT2D eigenvalue weighted by atomic mass is 9.98. The first-order valence-corrected chi connectivity index (χ1v) is 19.2. The molecule has 4 heterocycles. The fourth-order valence-corrected chi connectivity index (χ4v) is 9.63. The van der Waals surface area contributed by atoms with Crippen molar-refractivity contribution in [1.82, 2.24) is 18.9 Å². The van der Waals surface area contributed by atoms with Gasteiger partial charge in [0, 0.05) is 49.1 Å². The molecule has 0 bridgehead atoms. The molecule has 0 aliphatic carbocycles. The maximum Gasteiger partial charge on any atom is 0.0979 e. The number of para-hydroxylation sites is 4. The number of aromatic nitrogens is 4. The number of fused-ring (bicyclic) bond motifs is 14. The Morgan fingerprint density at radius 1 is 0.357 bits per heavy atom. The van der Waals surface area contributed by atoms with E-state index in [1.54, 1.807) is 0 Å². The summed E-state index contributed by atoms with van der Waals surface area (Å²) in [4.78, 5) is 10.6. The summed E-state index contributed by atoms with van der Waals surface area (Å²) >= 11 is 0. The molecular formula is C52H30N4. The summed E-state index contributed by atoms with van der Waals surface area (Å²) in [7, 11) is 0. The van der Waals surface area contributed by atoms with Crippen molar-refractivity contribution in [3.05, 3.63) is 182 Å². The molecule has 0 fully saturated rings. The van der Waals surface area contributed by atoms with Gasteiger partial charge in [-0.05, 0) is 70.1 Å². The first-order valence-electron chi connectivity index (χ1n) is 19.2. The molecule has 0 unspecified atom stereocenters. The number of hydrogen-bond donors (Lipinski definition) is 0. The highest BCUT2D eigenvalue weighted by Gasteiger charge is 2.25. The van der Waals surface area contributed by atoms with Gasteiger partial charge in [0.15, 0.2) is 0 Å². The lowest BCUT2D eigenvalue weighted by Crippen LogP contribution is -1.98. The van der Waals surface area contributed by atoms with Crippen LogP contribution in [0.25, 0.3) is 121 Å². The van der Waals surface area contributed by atoms with Crippen LogP contribution in [-0.4, -0.2) is 18.9 Å². The van der Waals surface area contributed by atoms with E-state index < -0.39 is 0 Å². The Balaban J connectivity index is 1.12. The van der Waals surface area contributed by atoms with E-state index in [9.17, 15) is 0 Å². The fraction of sp³-hybridized carbons (Fsp3) is 0. The van der Waals surface area contributed by atoms with Crippen LogP contribution in [0, 0.1) is 0 Å². The molecule has 0 saturated heterocycles. The summed E-state index contributed by atoms with van der Waals surface area (Å²) in [6.45, 7) is 0. The molecule has 13 aromatic rings. The third kappa shape index (κ3) is 3.92. The molecule has 0 spiro atoms. The molecule has 4 nitrogen and oxygen atoms in total. The Kier molecular flexibility index (Phi) is 5.86. The predicted octanol–water partition coefficient (Wildman–Crippen LogP) is 13.5. The van der Waals surface area contributed by atoms with Gasteiger partial charge in [-0.3, -0.25) is 0 Å². The van der Waals surface area contributed by atoms with Gasteiger partial charge in [0.2, 0.25) is 0 Å². The van der Waals surface area contributed by atoms with Gasteiger partial charge in [-0.2, -0.15) is 0 Å². The highest BCUT2D eigenvalue weighted by atomic mass is 15.0. The molecule has 9 aromatic carbocycles. The van der Waals surface area contributed by atoms with Crippen molar-refractivity contribution in [1.29, 1.82) is 0 Å². The van der Waals surface area contributed by atoms with Crippen LogP contribution in [-0.2, 0) is 0 Å². The van der Waals surface area contributed by atoms with Crippen LogP contribution >= 0.6 is 0 Å². The molecule has 0 N–H and O–H groups in total. The second-order valence-corrected chi connectivity index (χ2v) is 14.9. The Labute approximate surface area is 320 Å². The van der Waals surface area contributed by atoms with Crippen LogP contribution in [0.3, 0.4) is 0 Å². The number of hydrogen-bond acceptors (Lipinski definition) is 2. The van der Waals surface area contributed by atoms with E-state index in [4.69, 9.17) is 9.97 Å². The fourth-order valence-electron chi connectivity index (χ4n) is 9.63. The molecule has 0 aliphatic rings. The van der Waals surface area contributed by atoms with E-state index in [1.807, 2.05) is 12.1 Å². The minimum atomic E-state index is 0.874. The van der Waals surface area contributed by atoms with Gasteiger partial charge in [0.25, 0.3) is 0 Å². The third-order valence-corrected chi connectivity index (χ3v) is 12.0. The number of nitrogens with zero attached hydrogens (tertiary/aromatic N) is 4. The highest BCUT2D eigenvalue weighted by molar-refractivity contribution is 6.36. The molecule has 0 saturated carbocycles. The van der Waals surface area contributed by atoms with E-state index in [0.717, 1.165) is 44.6 Å². The molecule has 0 aliphatic heterocycles. The van der Waals surface area contributed by atoms with Gasteiger partial charge in [-0.15, -0.1) is 0 Å². The largest absolute Gasteiger partial charge is 0.309 e. The van der Waals surface area contributed by atoms with Crippen molar-refractivity contribution < 1.29 is 0 Å². The van der Waals surface area contributed by atoms with Crippen molar-refractivity contribution in [3.8, 4) is 28.2 Å². The van der Waals surface area contributed by atoms with Crippen LogP contribution in [0.5, 0.6) is 0 Å². The second-order valence-electron chi connectivity index (χ2n) is 14.9. The highest BCUT2D eigenvalue weighted by Crippen LogP contribution is 2.48. The van der Waals surface area contributed by atoms with Gasteiger partial charge in [-0.25, -0.2) is 9.97 Å². The average molecular weight is 711 g/mol. The van der Waals surface area contributed by atoms with Gasteiger partial charge in [0.05, 0.1) is 50.0 Å². The first kappa shape index (κ1) is 29.8. The van der Waals surface area contributed by atoms with Crippen LogP contribution < -0.4 is 0 Å². The minimum absolute atomic E-state index is 0.874. The standard InChI is InChI=1S/C52H30N4/c1-3-15-35-31(12-1)14-11-19-38(35)50-49(53-42-20-7-8-21-43(42)54-50)33-24-27-34(28-25-33)55-46-29-26-32-13-2-4-16-36(32)47(46)41-30-40-37-17-5-9-22-44(37)56-45-23-10-6-18-39(45)48(51(40)56)52(41)55/h1-30H. The molecule has 0 atom stereocenters. The Bertz CT molecular complexity index is 3750. The zero-order valence-electron chi connectivity index (χ0n) is 30.1. The first-order chi connectivity index (χ1) is 27.8. The maximum absolute atomic E-state index is 5.30. The zero-order chi connectivity index (χ0) is 36.5. The Morgan fingerprint density at radius 2 is 0.964 bits per heavy atom. The smallest absolute Gasteiger partial charge is 0.0979 e. The summed E-state index contributed by atoms with van der Waals surface area (Å²) < 4.78 is 4.97. The molecule has 4 heteroatoms. The summed E-state index contributed by atoms with van der Waals surface area (Å²) in [5.41, 5.74) is 12.9. The van der Waals surface area contributed by atoms with Crippen molar-refractivity contribution in [3.63, 3.8) is 0 Å². The van der Waals surface area contributed by atoms with Crippen LogP contribution in [0.1, 0.15) is 0 Å². The summed E-state index contributed by atoms with van der Waals surface area (Å²) in [5, 5.41) is 12.5. The molecule has 13 rings (SSSR count). The van der Waals surface area contributed by atoms with Crippen molar-refractivity contribution in [2.75, 3.05) is 0 Å². The normalized spacial score (nSPS) is 12.3. The molecule has 0 amide bonds. The maximum atomic E-state index is 5.30. The minimum Gasteiger partial charge on any atom is -0.309 e. The number of benzene rings is 9. The van der Waals surface area contributed by atoms with Gasteiger partial charge in [-0.1, -0.05) is 133 Å². The SMILES string of the molecule is c1ccc2c(-c3nc4ccccc4nc3-c3ccc(-n4c5ccc6ccccc6c5c5cc6c7ccccc7n7c8ccccc8c(c54)c67)cc3)cccc2c1. The Morgan fingerprint density at radius 3 is 1.75 bits per heavy atom. The van der Waals surface area contributed by atoms with E-state index in [2.05, 4.69) is 179 Å². The van der Waals surface area contributed by atoms with Crippen LogP contribution in [0.15, 0.2) is 182 Å². The average Bonchev–Trinajstić information content (AvgIpc) is 3.91. The van der Waals surface area contributed by atoms with E-state index in [1.165, 1.54) is 76.1 Å². The lowest BCUT2D eigenvalue weighted by Gasteiger charge is -2.14. The lowest BCUT2D eigenvalue weighted by molar-refractivity contribution is 1.19. The van der Waals surface area contributed by atoms with Crippen molar-refractivity contribution in [2.45, 2.75) is 0 Å². The number of rotatable bonds is 3. The monoisotopic (exact) mass is 710 g/mol. The van der Waals surface area contributed by atoms with E-state index in [-0.39, 0.29) is 0 Å². The molecule has 4 aromatic heterocycles. The predicted molar refractivity (Wildman–Crippen MR) is 234 cm³/mol. The Hall–Kier alpha value is -7.56. The second kappa shape index (κ2) is 11.0.